The van der Waals surface area contributed by atoms with E-state index in [9.17, 15) is 13.2 Å². The second-order valence-corrected chi connectivity index (χ2v) is 10.6. The Morgan fingerprint density at radius 2 is 1.88 bits per heavy atom. The van der Waals surface area contributed by atoms with Crippen molar-refractivity contribution in [1.29, 1.82) is 0 Å². The van der Waals surface area contributed by atoms with Gasteiger partial charge >= 0.3 is 0 Å². The number of aromatic amines is 1. The van der Waals surface area contributed by atoms with Crippen molar-refractivity contribution in [2.45, 2.75) is 48.7 Å². The molecule has 4 heterocycles. The lowest BCUT2D eigenvalue weighted by Gasteiger charge is -2.35. The van der Waals surface area contributed by atoms with E-state index >= 15 is 0 Å². The van der Waals surface area contributed by atoms with Gasteiger partial charge in [0.25, 0.3) is 5.91 Å². The molecule has 2 bridgehead atoms. The Balaban J connectivity index is 1.47. The van der Waals surface area contributed by atoms with Gasteiger partial charge in [-0.1, -0.05) is 0 Å². The fraction of sp³-hybridized carbons (Fsp3) is 0.706. The van der Waals surface area contributed by atoms with Crippen LogP contribution >= 0.6 is 11.8 Å². The van der Waals surface area contributed by atoms with Gasteiger partial charge in [-0.3, -0.25) is 4.79 Å². The summed E-state index contributed by atoms with van der Waals surface area (Å²) in [5.74, 6) is 1.50. The fourth-order valence-corrected chi connectivity index (χ4v) is 6.85. The number of sulfonamides is 1. The number of H-pyrrole nitrogens is 1. The first kappa shape index (κ1) is 18.3. The van der Waals surface area contributed by atoms with Crippen molar-refractivity contribution >= 4 is 27.7 Å². The average molecular weight is 399 g/mol. The van der Waals surface area contributed by atoms with Gasteiger partial charge in [0.2, 0.25) is 10.0 Å². The van der Waals surface area contributed by atoms with E-state index < -0.39 is 10.0 Å². The van der Waals surface area contributed by atoms with Crippen LogP contribution in [0.5, 0.6) is 0 Å². The molecule has 0 aliphatic carbocycles. The number of amides is 1. The maximum atomic E-state index is 12.9. The molecule has 4 rings (SSSR count). The molecule has 144 valence electrons. The van der Waals surface area contributed by atoms with Crippen molar-refractivity contribution in [2.24, 2.45) is 0 Å². The number of carbonyl (C=O) groups excluding carboxylic acids is 1. The van der Waals surface area contributed by atoms with Gasteiger partial charge in [0, 0.05) is 56.0 Å². The highest BCUT2D eigenvalue weighted by atomic mass is 32.2. The molecule has 0 spiro atoms. The molecule has 0 saturated carbocycles. The molecule has 0 aromatic carbocycles. The molecule has 2 N–H and O–H groups in total. The summed E-state index contributed by atoms with van der Waals surface area (Å²) in [6.07, 6.45) is 5.75. The molecule has 2 atom stereocenters. The summed E-state index contributed by atoms with van der Waals surface area (Å²) >= 11 is 1.77. The number of rotatable bonds is 4. The standard InChI is InChI=1S/C17H26N4O3S2/c1-20(14-8-12-2-3-13(9-14)19-12)17(22)16-10-15(11-18-16)26(23,24)21-4-6-25-7-5-21/h10-14,18-19H,2-9H2,1H3. The summed E-state index contributed by atoms with van der Waals surface area (Å²) in [6.45, 7) is 1.05. The predicted octanol–water partition coefficient (Wildman–Crippen LogP) is 1.11. The highest BCUT2D eigenvalue weighted by Gasteiger charge is 2.37. The van der Waals surface area contributed by atoms with E-state index in [0.29, 0.717) is 30.9 Å². The third-order valence-corrected chi connectivity index (χ3v) is 8.63. The largest absolute Gasteiger partial charge is 0.356 e. The van der Waals surface area contributed by atoms with E-state index in [2.05, 4.69) is 10.3 Å². The quantitative estimate of drug-likeness (QED) is 0.794. The van der Waals surface area contributed by atoms with Crippen molar-refractivity contribution < 1.29 is 13.2 Å². The van der Waals surface area contributed by atoms with Crippen molar-refractivity contribution in [3.8, 4) is 0 Å². The lowest BCUT2D eigenvalue weighted by Crippen LogP contribution is -2.48. The Hall–Kier alpha value is -1.03. The minimum Gasteiger partial charge on any atom is -0.356 e. The molecule has 26 heavy (non-hydrogen) atoms. The van der Waals surface area contributed by atoms with Gasteiger partial charge < -0.3 is 15.2 Å². The van der Waals surface area contributed by atoms with Gasteiger partial charge in [0.1, 0.15) is 10.6 Å². The zero-order valence-corrected chi connectivity index (χ0v) is 16.6. The second-order valence-electron chi connectivity index (χ2n) is 7.44. The third-order valence-electron chi connectivity index (χ3n) is 5.81. The molecule has 3 aliphatic rings. The molecule has 2 unspecified atom stereocenters. The van der Waals surface area contributed by atoms with Crippen LogP contribution in [0, 0.1) is 0 Å². The van der Waals surface area contributed by atoms with Crippen LogP contribution in [0.15, 0.2) is 17.2 Å². The minimum absolute atomic E-state index is 0.132. The molecular formula is C17H26N4O3S2. The molecule has 3 fully saturated rings. The molecule has 9 heteroatoms. The SMILES string of the molecule is CN(C(=O)c1cc(S(=O)(=O)N2CCSCC2)c[nH]1)C1CC2CCC(C1)N2. The lowest BCUT2D eigenvalue weighted by atomic mass is 9.98. The van der Waals surface area contributed by atoms with E-state index in [1.54, 1.807) is 16.7 Å². The number of hydrogen-bond acceptors (Lipinski definition) is 5. The Labute approximate surface area is 158 Å². The molecule has 7 nitrogen and oxygen atoms in total. The highest BCUT2D eigenvalue weighted by molar-refractivity contribution is 7.99. The number of nitrogens with zero attached hydrogens (tertiary/aromatic N) is 2. The van der Waals surface area contributed by atoms with E-state index in [1.807, 2.05) is 7.05 Å². The van der Waals surface area contributed by atoms with Crippen LogP contribution in [0.3, 0.4) is 0 Å². The first-order chi connectivity index (χ1) is 12.4. The van der Waals surface area contributed by atoms with Crippen LogP contribution in [-0.2, 0) is 10.0 Å². The van der Waals surface area contributed by atoms with Gasteiger partial charge in [0.15, 0.2) is 0 Å². The summed E-state index contributed by atoms with van der Waals surface area (Å²) in [5, 5.41) is 3.58. The van der Waals surface area contributed by atoms with E-state index in [4.69, 9.17) is 0 Å². The summed E-state index contributed by atoms with van der Waals surface area (Å²) in [4.78, 5) is 17.7. The maximum absolute atomic E-state index is 12.9. The summed E-state index contributed by atoms with van der Waals surface area (Å²) < 4.78 is 27.0. The number of thioether (sulfide) groups is 1. The normalized spacial score (nSPS) is 29.7. The van der Waals surface area contributed by atoms with Crippen molar-refractivity contribution in [2.75, 3.05) is 31.6 Å². The number of aromatic nitrogens is 1. The number of nitrogens with one attached hydrogen (secondary N) is 2. The van der Waals surface area contributed by atoms with Crippen molar-refractivity contribution in [1.82, 2.24) is 19.5 Å². The van der Waals surface area contributed by atoms with Crippen LogP contribution in [-0.4, -0.2) is 78.3 Å². The van der Waals surface area contributed by atoms with Gasteiger partial charge in [-0.25, -0.2) is 8.42 Å². The first-order valence-corrected chi connectivity index (χ1v) is 11.8. The first-order valence-electron chi connectivity index (χ1n) is 9.24. The average Bonchev–Trinajstić information content (AvgIpc) is 3.28. The molecule has 1 aromatic heterocycles. The van der Waals surface area contributed by atoms with Crippen LogP contribution in [0.4, 0.5) is 0 Å². The minimum atomic E-state index is -3.52. The van der Waals surface area contributed by atoms with E-state index in [0.717, 1.165) is 24.3 Å². The Morgan fingerprint density at radius 1 is 1.23 bits per heavy atom. The zero-order chi connectivity index (χ0) is 18.3. The summed E-state index contributed by atoms with van der Waals surface area (Å²) in [7, 11) is -1.70. The highest BCUT2D eigenvalue weighted by Crippen LogP contribution is 2.30. The van der Waals surface area contributed by atoms with E-state index in [1.165, 1.54) is 29.4 Å². The number of piperidine rings is 1. The fourth-order valence-electron chi connectivity index (χ4n) is 4.28. The maximum Gasteiger partial charge on any atom is 0.270 e. The van der Waals surface area contributed by atoms with Crippen LogP contribution < -0.4 is 5.32 Å². The Bertz CT molecular complexity index is 761. The molecular weight excluding hydrogens is 372 g/mol. The lowest BCUT2D eigenvalue weighted by molar-refractivity contribution is 0.0676. The van der Waals surface area contributed by atoms with Crippen LogP contribution in [0.2, 0.25) is 0 Å². The molecule has 3 aliphatic heterocycles. The molecule has 3 saturated heterocycles. The zero-order valence-electron chi connectivity index (χ0n) is 15.0. The summed E-state index contributed by atoms with van der Waals surface area (Å²) in [5.41, 5.74) is 0.350. The number of fused-ring (bicyclic) bond motifs is 2. The van der Waals surface area contributed by atoms with Crippen molar-refractivity contribution in [3.63, 3.8) is 0 Å². The van der Waals surface area contributed by atoms with Gasteiger partial charge in [0.05, 0.1) is 0 Å². The monoisotopic (exact) mass is 398 g/mol. The Morgan fingerprint density at radius 3 is 2.54 bits per heavy atom. The molecule has 0 radical (unpaired) electrons. The number of carbonyl (C=O) groups is 1. The second kappa shape index (κ2) is 7.18. The van der Waals surface area contributed by atoms with E-state index in [-0.39, 0.29) is 16.8 Å². The van der Waals surface area contributed by atoms with Crippen molar-refractivity contribution in [3.05, 3.63) is 18.0 Å². The van der Waals surface area contributed by atoms with Gasteiger partial charge in [-0.15, -0.1) is 0 Å². The van der Waals surface area contributed by atoms with Gasteiger partial charge in [-0.2, -0.15) is 16.1 Å². The van der Waals surface area contributed by atoms with Crippen LogP contribution in [0.1, 0.15) is 36.2 Å². The molecule has 1 aromatic rings. The third kappa shape index (κ3) is 3.42. The summed E-state index contributed by atoms with van der Waals surface area (Å²) in [6, 6.07) is 2.71. The Kier molecular flexibility index (Phi) is 5.06. The van der Waals surface area contributed by atoms with Crippen LogP contribution in [0.25, 0.3) is 0 Å². The topological polar surface area (TPSA) is 85.5 Å². The van der Waals surface area contributed by atoms with Gasteiger partial charge in [-0.05, 0) is 31.7 Å². The number of hydrogen-bond donors (Lipinski definition) is 2. The predicted molar refractivity (Wildman–Crippen MR) is 102 cm³/mol. The molecule has 1 amide bonds. The smallest absolute Gasteiger partial charge is 0.270 e.